The molecule has 0 radical (unpaired) electrons. The van der Waals surface area contributed by atoms with Gasteiger partial charge in [-0.25, -0.2) is 8.42 Å². The second-order valence-corrected chi connectivity index (χ2v) is 6.64. The summed E-state index contributed by atoms with van der Waals surface area (Å²) in [7, 11) is -1.86. The number of aliphatic hydroxyl groups is 1. The molecule has 0 unspecified atom stereocenters. The Morgan fingerprint density at radius 1 is 1.24 bits per heavy atom. The molecule has 5 heteroatoms. The number of methoxy groups -OCH3 is 1. The number of benzene rings is 1. The zero-order valence-corrected chi connectivity index (χ0v) is 11.1. The van der Waals surface area contributed by atoms with Crippen LogP contribution in [0.4, 0.5) is 0 Å². The molecular formula is C12H18O4S. The maximum absolute atomic E-state index is 11.9. The third kappa shape index (κ3) is 4.46. The van der Waals surface area contributed by atoms with Crippen LogP contribution in [0, 0.1) is 0 Å². The summed E-state index contributed by atoms with van der Waals surface area (Å²) in [4.78, 5) is 0.222. The lowest BCUT2D eigenvalue weighted by Gasteiger charge is -2.17. The van der Waals surface area contributed by atoms with E-state index in [0.717, 1.165) is 5.56 Å². The summed E-state index contributed by atoms with van der Waals surface area (Å²) in [6.07, 6.45) is 0. The maximum Gasteiger partial charge on any atom is 0.181 e. The first-order valence-electron chi connectivity index (χ1n) is 5.28. The highest BCUT2D eigenvalue weighted by atomic mass is 32.2. The molecule has 0 aliphatic rings. The van der Waals surface area contributed by atoms with Crippen LogP contribution in [0.5, 0.6) is 0 Å². The van der Waals surface area contributed by atoms with Gasteiger partial charge in [-0.1, -0.05) is 12.1 Å². The molecule has 0 bridgehead atoms. The smallest absolute Gasteiger partial charge is 0.181 e. The van der Waals surface area contributed by atoms with Gasteiger partial charge in [0.25, 0.3) is 0 Å². The molecule has 0 aliphatic carbocycles. The standard InChI is InChI=1S/C12H18O4S/c1-12(2,13)9-17(14,15)11-6-4-10(5-7-11)8-16-3/h4-7,13H,8-9H2,1-3H3. The molecule has 0 fully saturated rings. The highest BCUT2D eigenvalue weighted by molar-refractivity contribution is 7.91. The Kier molecular flexibility index (Phi) is 4.30. The van der Waals surface area contributed by atoms with Crippen molar-refractivity contribution in [3.05, 3.63) is 29.8 Å². The first-order valence-corrected chi connectivity index (χ1v) is 6.93. The molecule has 17 heavy (non-hydrogen) atoms. The van der Waals surface area contributed by atoms with Crippen molar-refractivity contribution in [3.63, 3.8) is 0 Å². The molecule has 0 heterocycles. The summed E-state index contributed by atoms with van der Waals surface area (Å²) in [6, 6.07) is 6.49. The van der Waals surface area contributed by atoms with E-state index in [9.17, 15) is 13.5 Å². The number of hydrogen-bond donors (Lipinski definition) is 1. The van der Waals surface area contributed by atoms with Gasteiger partial charge in [0.15, 0.2) is 9.84 Å². The van der Waals surface area contributed by atoms with Crippen LogP contribution in [0.15, 0.2) is 29.2 Å². The highest BCUT2D eigenvalue weighted by Crippen LogP contribution is 2.17. The van der Waals surface area contributed by atoms with Crippen LogP contribution in [0.1, 0.15) is 19.4 Å². The summed E-state index contributed by atoms with van der Waals surface area (Å²) in [6.45, 7) is 3.40. The highest BCUT2D eigenvalue weighted by Gasteiger charge is 2.24. The first-order chi connectivity index (χ1) is 7.74. The SMILES string of the molecule is COCc1ccc(S(=O)(=O)CC(C)(C)O)cc1. The Labute approximate surface area is 102 Å². The monoisotopic (exact) mass is 258 g/mol. The molecule has 0 spiro atoms. The fourth-order valence-electron chi connectivity index (χ4n) is 1.51. The van der Waals surface area contributed by atoms with E-state index in [-0.39, 0.29) is 10.6 Å². The van der Waals surface area contributed by atoms with Crippen LogP contribution < -0.4 is 0 Å². The van der Waals surface area contributed by atoms with Gasteiger partial charge in [0, 0.05) is 7.11 Å². The number of rotatable bonds is 5. The van der Waals surface area contributed by atoms with E-state index in [1.807, 2.05) is 0 Å². The maximum atomic E-state index is 11.9. The zero-order valence-electron chi connectivity index (χ0n) is 10.3. The Morgan fingerprint density at radius 2 is 1.76 bits per heavy atom. The summed E-state index contributed by atoms with van der Waals surface area (Å²) >= 11 is 0. The van der Waals surface area contributed by atoms with Crippen molar-refractivity contribution < 1.29 is 18.3 Å². The third-order valence-corrected chi connectivity index (χ3v) is 4.21. The lowest BCUT2D eigenvalue weighted by atomic mass is 10.2. The summed E-state index contributed by atoms with van der Waals surface area (Å²) < 4.78 is 28.8. The van der Waals surface area contributed by atoms with Crippen molar-refractivity contribution >= 4 is 9.84 Å². The molecule has 0 aliphatic heterocycles. The van der Waals surface area contributed by atoms with Gasteiger partial charge >= 0.3 is 0 Å². The molecular weight excluding hydrogens is 240 g/mol. The van der Waals surface area contributed by atoms with E-state index >= 15 is 0 Å². The molecule has 1 rings (SSSR count). The predicted molar refractivity (Wildman–Crippen MR) is 65.5 cm³/mol. The molecule has 4 nitrogen and oxygen atoms in total. The van der Waals surface area contributed by atoms with Crippen molar-refractivity contribution in [3.8, 4) is 0 Å². The van der Waals surface area contributed by atoms with Crippen LogP contribution in [-0.4, -0.2) is 32.0 Å². The van der Waals surface area contributed by atoms with Gasteiger partial charge in [-0.15, -0.1) is 0 Å². The quantitative estimate of drug-likeness (QED) is 0.866. The Morgan fingerprint density at radius 3 is 2.18 bits per heavy atom. The van der Waals surface area contributed by atoms with Gasteiger partial charge in [0.05, 0.1) is 22.9 Å². The predicted octanol–water partition coefficient (Wildman–Crippen LogP) is 1.38. The van der Waals surface area contributed by atoms with Gasteiger partial charge < -0.3 is 9.84 Å². The molecule has 0 amide bonds. The van der Waals surface area contributed by atoms with Crippen molar-refractivity contribution in [2.75, 3.05) is 12.9 Å². The van der Waals surface area contributed by atoms with E-state index in [0.29, 0.717) is 6.61 Å². The topological polar surface area (TPSA) is 63.6 Å². The largest absolute Gasteiger partial charge is 0.389 e. The molecule has 0 aromatic heterocycles. The number of hydrogen-bond acceptors (Lipinski definition) is 4. The van der Waals surface area contributed by atoms with E-state index in [1.54, 1.807) is 19.2 Å². The lowest BCUT2D eigenvalue weighted by Crippen LogP contribution is -2.30. The van der Waals surface area contributed by atoms with Crippen molar-refractivity contribution in [2.45, 2.75) is 31.0 Å². The normalized spacial score (nSPS) is 12.7. The Balaban J connectivity index is 2.93. The fourth-order valence-corrected chi connectivity index (χ4v) is 3.16. The molecule has 0 saturated heterocycles. The van der Waals surface area contributed by atoms with E-state index in [2.05, 4.69) is 0 Å². The number of ether oxygens (including phenoxy) is 1. The molecule has 96 valence electrons. The van der Waals surface area contributed by atoms with Crippen LogP contribution in [0.3, 0.4) is 0 Å². The van der Waals surface area contributed by atoms with Crippen molar-refractivity contribution in [1.29, 1.82) is 0 Å². The molecule has 1 aromatic rings. The minimum Gasteiger partial charge on any atom is -0.389 e. The van der Waals surface area contributed by atoms with Gasteiger partial charge in [0.1, 0.15) is 0 Å². The Hall–Kier alpha value is -0.910. The van der Waals surface area contributed by atoms with Gasteiger partial charge in [0.2, 0.25) is 0 Å². The first kappa shape index (κ1) is 14.2. The average Bonchev–Trinajstić information content (AvgIpc) is 2.15. The minimum absolute atomic E-state index is 0.222. The second kappa shape index (κ2) is 5.16. The van der Waals surface area contributed by atoms with E-state index in [1.165, 1.54) is 26.0 Å². The minimum atomic E-state index is -3.44. The van der Waals surface area contributed by atoms with Crippen LogP contribution in [-0.2, 0) is 21.2 Å². The van der Waals surface area contributed by atoms with Gasteiger partial charge in [-0.2, -0.15) is 0 Å². The van der Waals surface area contributed by atoms with E-state index in [4.69, 9.17) is 4.74 Å². The van der Waals surface area contributed by atoms with E-state index < -0.39 is 15.4 Å². The van der Waals surface area contributed by atoms with Gasteiger partial charge in [-0.3, -0.25) is 0 Å². The zero-order chi connectivity index (χ0) is 13.1. The summed E-state index contributed by atoms with van der Waals surface area (Å²) in [5.41, 5.74) is -0.320. The second-order valence-electron chi connectivity index (χ2n) is 4.65. The number of sulfone groups is 1. The van der Waals surface area contributed by atoms with Gasteiger partial charge in [-0.05, 0) is 31.5 Å². The molecule has 1 N–H and O–H groups in total. The van der Waals surface area contributed by atoms with Crippen molar-refractivity contribution in [1.82, 2.24) is 0 Å². The van der Waals surface area contributed by atoms with Crippen LogP contribution in [0.25, 0.3) is 0 Å². The molecule has 1 aromatic carbocycles. The molecule has 0 saturated carbocycles. The third-order valence-electron chi connectivity index (χ3n) is 2.14. The summed E-state index contributed by atoms with van der Waals surface area (Å²) in [5, 5.41) is 9.55. The van der Waals surface area contributed by atoms with Crippen LogP contribution >= 0.6 is 0 Å². The fraction of sp³-hybridized carbons (Fsp3) is 0.500. The summed E-state index contributed by atoms with van der Waals surface area (Å²) in [5.74, 6) is -0.288. The van der Waals surface area contributed by atoms with Crippen LogP contribution in [0.2, 0.25) is 0 Å². The lowest BCUT2D eigenvalue weighted by molar-refractivity contribution is 0.105. The Bertz CT molecular complexity index is 454. The average molecular weight is 258 g/mol. The molecule has 0 atom stereocenters. The van der Waals surface area contributed by atoms with Crippen molar-refractivity contribution in [2.24, 2.45) is 0 Å².